The molecule has 5 amide bonds. The molecule has 0 radical (unpaired) electrons. The summed E-state index contributed by atoms with van der Waals surface area (Å²) in [5.74, 6) is 0.187. The first kappa shape index (κ1) is 40.7. The number of ether oxygens (including phenoxy) is 3. The Bertz CT molecular complexity index is 1670. The van der Waals surface area contributed by atoms with Crippen LogP contribution in [0.15, 0.2) is 66.7 Å². The number of anilines is 3. The predicted octanol–water partition coefficient (Wildman–Crippen LogP) is 7.32. The van der Waals surface area contributed by atoms with Crippen LogP contribution in [0.4, 0.5) is 39.8 Å². The van der Waals surface area contributed by atoms with Gasteiger partial charge in [0.15, 0.2) is 0 Å². The number of aliphatic hydroxyl groups is 1. The van der Waals surface area contributed by atoms with E-state index in [1.54, 1.807) is 57.5 Å². The Morgan fingerprint density at radius 2 is 1.60 bits per heavy atom. The number of aliphatic hydroxyl groups excluding tert-OH is 1. The summed E-state index contributed by atoms with van der Waals surface area (Å²) in [5.41, 5.74) is 0.256. The minimum Gasteiger partial charge on any atom is -0.497 e. The van der Waals surface area contributed by atoms with Gasteiger partial charge >= 0.3 is 18.2 Å². The zero-order chi connectivity index (χ0) is 38.7. The number of amides is 5. The van der Waals surface area contributed by atoms with Crippen LogP contribution < -0.4 is 25.4 Å². The number of urea groups is 2. The van der Waals surface area contributed by atoms with E-state index in [9.17, 15) is 32.7 Å². The molecule has 0 saturated heterocycles. The molecule has 0 aromatic heterocycles. The number of likely N-dealkylation sites (N-methyl/N-ethyl adjacent to an activating group) is 1. The van der Waals surface area contributed by atoms with Crippen LogP contribution in [0.5, 0.6) is 11.5 Å². The summed E-state index contributed by atoms with van der Waals surface area (Å²) in [4.78, 5) is 43.4. The zero-order valence-corrected chi connectivity index (χ0v) is 30.5. The van der Waals surface area contributed by atoms with E-state index in [1.807, 2.05) is 13.8 Å². The molecule has 53 heavy (non-hydrogen) atoms. The van der Waals surface area contributed by atoms with E-state index in [4.69, 9.17) is 14.2 Å². The van der Waals surface area contributed by atoms with E-state index in [2.05, 4.69) is 16.0 Å². The molecule has 1 aliphatic heterocycles. The number of halogens is 3. The second kappa shape index (κ2) is 18.6. The maximum atomic E-state index is 14.4. The Hall–Kier alpha value is -5.02. The van der Waals surface area contributed by atoms with Gasteiger partial charge in [-0.15, -0.1) is 0 Å². The van der Waals surface area contributed by atoms with Crippen molar-refractivity contribution < 1.29 is 46.9 Å². The summed E-state index contributed by atoms with van der Waals surface area (Å²) in [6.45, 7) is 5.98. The number of benzene rings is 3. The van der Waals surface area contributed by atoms with E-state index in [-0.39, 0.29) is 54.7 Å². The van der Waals surface area contributed by atoms with E-state index < -0.39 is 35.8 Å². The second-order valence-corrected chi connectivity index (χ2v) is 13.2. The van der Waals surface area contributed by atoms with Crippen molar-refractivity contribution in [2.45, 2.75) is 64.5 Å². The van der Waals surface area contributed by atoms with Crippen LogP contribution in [0.1, 0.15) is 56.0 Å². The van der Waals surface area contributed by atoms with Crippen molar-refractivity contribution in [2.75, 3.05) is 56.4 Å². The standard InChI is InChI=1S/C38H48F3N5O7/c1-24-21-46(25(2)23-47)35(48)32-20-30(43-36(49)42-28-11-9-27(10-12-28)38(39,40)41)15-18-33(32)53-26(3)8-6-7-19-52-34(24)22-45(4)37(50)44-29-13-16-31(51-5)17-14-29/h9-18,20,24-26,34,47H,6-8,19,21-23H2,1-5H3,(H,44,50)(H2,42,43,49)/t24-,25-,26-,34+/m0/s1. The highest BCUT2D eigenvalue weighted by molar-refractivity contribution is 6.02. The lowest BCUT2D eigenvalue weighted by Crippen LogP contribution is -2.48. The van der Waals surface area contributed by atoms with Gasteiger partial charge in [0.1, 0.15) is 11.5 Å². The molecule has 15 heteroatoms. The summed E-state index contributed by atoms with van der Waals surface area (Å²) < 4.78 is 56.7. The molecular weight excluding hydrogens is 695 g/mol. The predicted molar refractivity (Wildman–Crippen MR) is 196 cm³/mol. The second-order valence-electron chi connectivity index (χ2n) is 13.2. The molecule has 4 atom stereocenters. The Kier molecular flexibility index (Phi) is 14.3. The van der Waals surface area contributed by atoms with Crippen LogP contribution in [-0.2, 0) is 10.9 Å². The number of carbonyl (C=O) groups is 3. The van der Waals surface area contributed by atoms with Gasteiger partial charge in [-0.1, -0.05) is 6.92 Å². The SMILES string of the molecule is COc1ccc(NC(=O)N(C)C[C@H]2OCCCC[C@H](C)Oc3ccc(NC(=O)Nc4ccc(C(F)(F)F)cc4)cc3C(=O)N([C@@H](C)CO)C[C@@H]2C)cc1. The lowest BCUT2D eigenvalue weighted by molar-refractivity contribution is -0.137. The molecule has 0 bridgehead atoms. The molecular formula is C38H48F3N5O7. The molecule has 0 unspecified atom stereocenters. The van der Waals surface area contributed by atoms with Crippen LogP contribution in [-0.4, -0.2) is 91.6 Å². The van der Waals surface area contributed by atoms with Crippen molar-refractivity contribution >= 4 is 35.0 Å². The van der Waals surface area contributed by atoms with Crippen LogP contribution in [0.2, 0.25) is 0 Å². The molecule has 3 aromatic carbocycles. The van der Waals surface area contributed by atoms with Gasteiger partial charge in [0.2, 0.25) is 0 Å². The molecule has 0 spiro atoms. The topological polar surface area (TPSA) is 142 Å². The van der Waals surface area contributed by atoms with Crippen molar-refractivity contribution in [3.05, 3.63) is 77.9 Å². The lowest BCUT2D eigenvalue weighted by Gasteiger charge is -2.35. The van der Waals surface area contributed by atoms with Gasteiger partial charge in [-0.2, -0.15) is 13.2 Å². The number of alkyl halides is 3. The van der Waals surface area contributed by atoms with Crippen LogP contribution in [0.25, 0.3) is 0 Å². The first-order valence-corrected chi connectivity index (χ1v) is 17.4. The van der Waals surface area contributed by atoms with Crippen molar-refractivity contribution in [1.29, 1.82) is 0 Å². The quantitative estimate of drug-likeness (QED) is 0.190. The third kappa shape index (κ3) is 11.7. The van der Waals surface area contributed by atoms with Crippen molar-refractivity contribution in [2.24, 2.45) is 5.92 Å². The smallest absolute Gasteiger partial charge is 0.416 e. The first-order valence-electron chi connectivity index (χ1n) is 17.4. The summed E-state index contributed by atoms with van der Waals surface area (Å²) in [5, 5.41) is 18.2. The maximum Gasteiger partial charge on any atom is 0.416 e. The minimum absolute atomic E-state index is 0.139. The maximum absolute atomic E-state index is 14.4. The largest absolute Gasteiger partial charge is 0.497 e. The lowest BCUT2D eigenvalue weighted by atomic mass is 10.0. The Morgan fingerprint density at radius 3 is 2.25 bits per heavy atom. The Morgan fingerprint density at radius 1 is 0.981 bits per heavy atom. The summed E-state index contributed by atoms with van der Waals surface area (Å²) >= 11 is 0. The van der Waals surface area contributed by atoms with E-state index >= 15 is 0 Å². The molecule has 3 aromatic rings. The average molecular weight is 744 g/mol. The molecule has 0 saturated carbocycles. The number of hydrogen-bond donors (Lipinski definition) is 4. The number of hydrogen-bond acceptors (Lipinski definition) is 7. The van der Waals surface area contributed by atoms with Crippen molar-refractivity contribution in [1.82, 2.24) is 9.80 Å². The number of methoxy groups -OCH3 is 1. The Labute approximate surface area is 307 Å². The van der Waals surface area contributed by atoms with Gasteiger partial charge in [0, 0.05) is 49.7 Å². The fraction of sp³-hybridized carbons (Fsp3) is 0.447. The zero-order valence-electron chi connectivity index (χ0n) is 30.5. The van der Waals surface area contributed by atoms with Gasteiger partial charge in [-0.25, -0.2) is 9.59 Å². The number of rotatable bonds is 8. The highest BCUT2D eigenvalue weighted by Crippen LogP contribution is 2.31. The Balaban J connectivity index is 1.55. The third-order valence-corrected chi connectivity index (χ3v) is 8.92. The van der Waals surface area contributed by atoms with Crippen molar-refractivity contribution in [3.8, 4) is 11.5 Å². The molecule has 12 nitrogen and oxygen atoms in total. The van der Waals surface area contributed by atoms with Crippen LogP contribution in [0, 0.1) is 5.92 Å². The number of carbonyl (C=O) groups excluding carboxylic acids is 3. The van der Waals surface area contributed by atoms with Gasteiger partial charge in [-0.05, 0) is 99.8 Å². The normalized spacial score (nSPS) is 19.2. The van der Waals surface area contributed by atoms with Gasteiger partial charge in [-0.3, -0.25) is 4.79 Å². The number of fused-ring (bicyclic) bond motifs is 1. The minimum atomic E-state index is -4.51. The fourth-order valence-electron chi connectivity index (χ4n) is 5.74. The average Bonchev–Trinajstić information content (AvgIpc) is 3.12. The highest BCUT2D eigenvalue weighted by Gasteiger charge is 2.32. The van der Waals surface area contributed by atoms with Gasteiger partial charge < -0.3 is 45.1 Å². The molecule has 4 N–H and O–H groups in total. The van der Waals surface area contributed by atoms with Crippen LogP contribution in [0.3, 0.4) is 0 Å². The third-order valence-electron chi connectivity index (χ3n) is 8.92. The summed E-state index contributed by atoms with van der Waals surface area (Å²) in [7, 11) is 3.22. The number of nitrogens with zero attached hydrogens (tertiary/aromatic N) is 2. The monoisotopic (exact) mass is 743 g/mol. The number of nitrogens with one attached hydrogen (secondary N) is 3. The molecule has 0 aliphatic carbocycles. The molecule has 0 fully saturated rings. The van der Waals surface area contributed by atoms with Crippen LogP contribution >= 0.6 is 0 Å². The fourth-order valence-corrected chi connectivity index (χ4v) is 5.74. The summed E-state index contributed by atoms with van der Waals surface area (Å²) in [6, 6.07) is 13.9. The van der Waals surface area contributed by atoms with E-state index in [0.717, 1.165) is 37.1 Å². The molecule has 288 valence electrons. The van der Waals surface area contributed by atoms with E-state index in [1.165, 1.54) is 15.9 Å². The highest BCUT2D eigenvalue weighted by atomic mass is 19.4. The van der Waals surface area contributed by atoms with Gasteiger partial charge in [0.05, 0.1) is 43.1 Å². The van der Waals surface area contributed by atoms with E-state index in [0.29, 0.717) is 30.2 Å². The van der Waals surface area contributed by atoms with Crippen molar-refractivity contribution in [3.63, 3.8) is 0 Å². The van der Waals surface area contributed by atoms with Gasteiger partial charge in [0.25, 0.3) is 5.91 Å². The first-order chi connectivity index (χ1) is 25.2. The molecule has 1 heterocycles. The summed E-state index contributed by atoms with van der Waals surface area (Å²) in [6.07, 6.45) is -3.10. The molecule has 4 rings (SSSR count). The molecule has 1 aliphatic rings.